The molecule has 0 aliphatic carbocycles. The van der Waals surface area contributed by atoms with Crippen LogP contribution in [0.25, 0.3) is 10.8 Å². The van der Waals surface area contributed by atoms with Gasteiger partial charge in [0.05, 0.1) is 36.5 Å². The fraction of sp³-hybridized carbons (Fsp3) is 0.273. The number of carbonyl (C=O) groups is 1. The van der Waals surface area contributed by atoms with Crippen LogP contribution in [-0.2, 0) is 20.4 Å². The summed E-state index contributed by atoms with van der Waals surface area (Å²) >= 11 is 0. The normalized spacial score (nSPS) is 14.6. The zero-order chi connectivity index (χ0) is 21.8. The highest BCUT2D eigenvalue weighted by atomic mass is 32.2. The van der Waals surface area contributed by atoms with E-state index in [9.17, 15) is 18.4 Å². The number of hydrogen-bond acceptors (Lipinski definition) is 7. The van der Waals surface area contributed by atoms with Crippen molar-refractivity contribution in [2.45, 2.75) is 18.2 Å². The Labute approximate surface area is 179 Å². The molecule has 0 radical (unpaired) electrons. The van der Waals surface area contributed by atoms with Crippen molar-refractivity contribution >= 4 is 27.0 Å². The molecule has 3 aromatic rings. The molecule has 2 heterocycles. The third-order valence-corrected chi connectivity index (χ3v) is 6.61. The number of rotatable bonds is 7. The zero-order valence-electron chi connectivity index (χ0n) is 16.7. The van der Waals surface area contributed by atoms with Crippen LogP contribution in [0.2, 0.25) is 0 Å². The van der Waals surface area contributed by atoms with E-state index in [0.717, 1.165) is 17.2 Å². The van der Waals surface area contributed by atoms with Gasteiger partial charge in [-0.2, -0.15) is 0 Å². The molecule has 0 saturated heterocycles. The smallest absolute Gasteiger partial charge is 0.233 e. The van der Waals surface area contributed by atoms with Crippen molar-refractivity contribution in [1.82, 2.24) is 10.0 Å². The van der Waals surface area contributed by atoms with Crippen LogP contribution < -0.4 is 9.47 Å². The summed E-state index contributed by atoms with van der Waals surface area (Å²) in [5.41, 5.74) is 0.820. The molecular weight excluding hydrogens is 420 g/mol. The fourth-order valence-corrected chi connectivity index (χ4v) is 5.07. The zero-order valence-corrected chi connectivity index (χ0v) is 17.5. The average molecular weight is 442 g/mol. The van der Waals surface area contributed by atoms with Crippen LogP contribution in [-0.4, -0.2) is 49.0 Å². The second kappa shape index (κ2) is 8.91. The van der Waals surface area contributed by atoms with Crippen LogP contribution in [0.4, 0.5) is 0 Å². The van der Waals surface area contributed by atoms with Crippen molar-refractivity contribution in [3.63, 3.8) is 0 Å². The van der Waals surface area contributed by atoms with Gasteiger partial charge in [0, 0.05) is 18.0 Å². The van der Waals surface area contributed by atoms with Crippen LogP contribution in [0.3, 0.4) is 0 Å². The number of ether oxygens (including phenoxy) is 2. The lowest BCUT2D eigenvalue weighted by atomic mass is 10.1. The fourth-order valence-electron chi connectivity index (χ4n) is 3.52. The van der Waals surface area contributed by atoms with Gasteiger partial charge in [0.15, 0.2) is 21.3 Å². The summed E-state index contributed by atoms with van der Waals surface area (Å²) in [6, 6.07) is 13.0. The van der Waals surface area contributed by atoms with E-state index >= 15 is 0 Å². The van der Waals surface area contributed by atoms with Crippen molar-refractivity contribution in [3.8, 4) is 11.5 Å². The van der Waals surface area contributed by atoms with Gasteiger partial charge < -0.3 is 9.47 Å². The van der Waals surface area contributed by atoms with E-state index in [1.807, 2.05) is 24.3 Å². The van der Waals surface area contributed by atoms with Crippen LogP contribution in [0.15, 0.2) is 54.7 Å². The summed E-state index contributed by atoms with van der Waals surface area (Å²) in [6.07, 6.45) is 2.55. The molecule has 31 heavy (non-hydrogen) atoms. The maximum absolute atomic E-state index is 12.9. The number of benzene rings is 2. The van der Waals surface area contributed by atoms with E-state index in [0.29, 0.717) is 41.0 Å². The molecule has 162 valence electrons. The summed E-state index contributed by atoms with van der Waals surface area (Å²) in [4.78, 5) is 15.5. The number of sulfone groups is 1. The summed E-state index contributed by atoms with van der Waals surface area (Å²) < 4.78 is 37.1. The third-order valence-electron chi connectivity index (χ3n) is 5.05. The van der Waals surface area contributed by atoms with Crippen LogP contribution in [0, 0.1) is 0 Å². The Morgan fingerprint density at radius 1 is 1.06 bits per heavy atom. The Balaban J connectivity index is 1.59. The second-order valence-corrected chi connectivity index (χ2v) is 9.44. The first-order valence-corrected chi connectivity index (χ1v) is 11.6. The highest BCUT2D eigenvalue weighted by Crippen LogP contribution is 2.34. The van der Waals surface area contributed by atoms with E-state index in [-0.39, 0.29) is 12.2 Å². The average Bonchev–Trinajstić information content (AvgIpc) is 3.01. The SMILES string of the molecule is O=CN(O)C(CS(=O)(=O)Cc1cc2ccccc2cn1)c1ccc2c(c1)OCCCO2. The highest BCUT2D eigenvalue weighted by Gasteiger charge is 2.27. The van der Waals surface area contributed by atoms with Crippen molar-refractivity contribution in [2.24, 2.45) is 0 Å². The number of carbonyl (C=O) groups excluding carboxylic acids is 1. The Morgan fingerprint density at radius 3 is 2.58 bits per heavy atom. The molecule has 1 N–H and O–H groups in total. The first kappa shape index (κ1) is 21.1. The number of hydrogen-bond donors (Lipinski definition) is 1. The number of nitrogens with zero attached hydrogens (tertiary/aromatic N) is 2. The lowest BCUT2D eigenvalue weighted by Gasteiger charge is -2.23. The number of amides is 1. The van der Waals surface area contributed by atoms with Crippen molar-refractivity contribution in [2.75, 3.05) is 19.0 Å². The van der Waals surface area contributed by atoms with Gasteiger partial charge in [-0.1, -0.05) is 30.3 Å². The molecule has 9 heteroatoms. The molecule has 1 amide bonds. The Morgan fingerprint density at radius 2 is 1.81 bits per heavy atom. The first-order chi connectivity index (χ1) is 14.9. The number of fused-ring (bicyclic) bond motifs is 2. The monoisotopic (exact) mass is 442 g/mol. The molecule has 1 atom stereocenters. The van der Waals surface area contributed by atoms with Gasteiger partial charge in [-0.25, -0.2) is 13.5 Å². The predicted molar refractivity (Wildman–Crippen MR) is 114 cm³/mol. The third kappa shape index (κ3) is 4.95. The minimum Gasteiger partial charge on any atom is -0.490 e. The summed E-state index contributed by atoms with van der Waals surface area (Å²) in [6.45, 7) is 0.979. The van der Waals surface area contributed by atoms with Gasteiger partial charge in [-0.3, -0.25) is 15.0 Å². The van der Waals surface area contributed by atoms with Crippen molar-refractivity contribution < 1.29 is 27.9 Å². The number of pyridine rings is 1. The standard InChI is InChI=1S/C22H22N2O6S/c25-15-24(26)20(17-6-7-21-22(11-17)30-9-3-8-29-21)14-31(27,28)13-19-10-16-4-1-2-5-18(16)12-23-19/h1-2,4-7,10-12,15,20,26H,3,8-9,13-14H2. The van der Waals surface area contributed by atoms with Gasteiger partial charge in [-0.05, 0) is 29.1 Å². The van der Waals surface area contributed by atoms with E-state index < -0.39 is 21.6 Å². The molecule has 0 fully saturated rings. The Kier molecular flexibility index (Phi) is 6.06. The lowest BCUT2D eigenvalue weighted by molar-refractivity contribution is -0.158. The molecule has 1 unspecified atom stereocenters. The molecule has 0 bridgehead atoms. The van der Waals surface area contributed by atoms with Gasteiger partial charge in [0.1, 0.15) is 0 Å². The predicted octanol–water partition coefficient (Wildman–Crippen LogP) is 2.90. The molecule has 8 nitrogen and oxygen atoms in total. The topological polar surface area (TPSA) is 106 Å². The second-order valence-electron chi connectivity index (χ2n) is 7.34. The summed E-state index contributed by atoms with van der Waals surface area (Å²) in [5.74, 6) is 0.203. The van der Waals surface area contributed by atoms with Gasteiger partial charge in [0.25, 0.3) is 0 Å². The summed E-state index contributed by atoms with van der Waals surface area (Å²) in [7, 11) is -3.73. The maximum atomic E-state index is 12.9. The van der Waals surface area contributed by atoms with E-state index in [2.05, 4.69) is 4.98 Å². The molecule has 1 aromatic heterocycles. The largest absolute Gasteiger partial charge is 0.490 e. The minimum atomic E-state index is -3.73. The molecule has 0 spiro atoms. The molecule has 4 rings (SSSR count). The Hall–Kier alpha value is -3.17. The van der Waals surface area contributed by atoms with E-state index in [1.165, 1.54) is 0 Å². The lowest BCUT2D eigenvalue weighted by Crippen LogP contribution is -2.30. The van der Waals surface area contributed by atoms with Crippen molar-refractivity contribution in [3.05, 3.63) is 66.0 Å². The van der Waals surface area contributed by atoms with E-state index in [4.69, 9.17) is 9.47 Å². The highest BCUT2D eigenvalue weighted by molar-refractivity contribution is 7.90. The summed E-state index contributed by atoms with van der Waals surface area (Å²) in [5, 5.41) is 12.3. The van der Waals surface area contributed by atoms with Crippen LogP contribution >= 0.6 is 0 Å². The molecule has 0 saturated carbocycles. The quantitative estimate of drug-likeness (QED) is 0.341. The molecule has 1 aliphatic rings. The first-order valence-electron chi connectivity index (χ1n) is 9.81. The van der Waals surface area contributed by atoms with E-state index in [1.54, 1.807) is 30.5 Å². The Bertz CT molecular complexity index is 1200. The van der Waals surface area contributed by atoms with Gasteiger partial charge in [-0.15, -0.1) is 0 Å². The van der Waals surface area contributed by atoms with Crippen molar-refractivity contribution in [1.29, 1.82) is 0 Å². The maximum Gasteiger partial charge on any atom is 0.233 e. The van der Waals surface area contributed by atoms with Gasteiger partial charge >= 0.3 is 0 Å². The number of hydroxylamine groups is 2. The van der Waals surface area contributed by atoms with Crippen LogP contribution in [0.5, 0.6) is 11.5 Å². The number of aromatic nitrogens is 1. The molecular formula is C22H22N2O6S. The van der Waals surface area contributed by atoms with Crippen LogP contribution in [0.1, 0.15) is 23.7 Å². The molecule has 1 aliphatic heterocycles. The molecule has 2 aromatic carbocycles. The van der Waals surface area contributed by atoms with Gasteiger partial charge in [0.2, 0.25) is 6.41 Å². The minimum absolute atomic E-state index is 0.192.